The average Bonchev–Trinajstić information content (AvgIpc) is 3.34. The second-order valence-electron chi connectivity index (χ2n) is 9.35. The predicted molar refractivity (Wildman–Crippen MR) is 140 cm³/mol. The lowest BCUT2D eigenvalue weighted by molar-refractivity contribution is -0.127. The number of nitrogens with zero attached hydrogens (tertiary/aromatic N) is 3. The number of rotatable bonds is 7. The van der Waals surface area contributed by atoms with Crippen molar-refractivity contribution in [1.82, 2.24) is 14.7 Å². The van der Waals surface area contributed by atoms with Crippen LogP contribution in [0.4, 0.5) is 5.69 Å². The van der Waals surface area contributed by atoms with Crippen LogP contribution in [0.25, 0.3) is 5.69 Å². The second kappa shape index (κ2) is 10.4. The number of methoxy groups -OCH3 is 1. The van der Waals surface area contributed by atoms with E-state index in [1.807, 2.05) is 53.4 Å². The number of ether oxygens (including phenoxy) is 2. The molecule has 1 fully saturated rings. The quantitative estimate of drug-likeness (QED) is 0.472. The minimum absolute atomic E-state index is 0.0239. The molecule has 1 atom stereocenters. The predicted octanol–water partition coefficient (Wildman–Crippen LogP) is 4.10. The van der Waals surface area contributed by atoms with Gasteiger partial charge >= 0.3 is 0 Å². The molecule has 2 amide bonds. The maximum Gasteiger partial charge on any atom is 0.269 e. The Hall–Kier alpha value is -4.27. The van der Waals surface area contributed by atoms with Crippen LogP contribution in [0.15, 0.2) is 61.2 Å². The molecule has 3 N–H and O–H groups in total. The van der Waals surface area contributed by atoms with Gasteiger partial charge in [-0.1, -0.05) is 6.58 Å². The Kier molecular flexibility index (Phi) is 6.85. The summed E-state index contributed by atoms with van der Waals surface area (Å²) in [7, 11) is 1.62. The number of fused-ring (bicyclic) bond motifs is 1. The average molecular weight is 502 g/mol. The fourth-order valence-corrected chi connectivity index (χ4v) is 5.32. The van der Waals surface area contributed by atoms with Crippen molar-refractivity contribution >= 4 is 17.5 Å². The van der Waals surface area contributed by atoms with Crippen LogP contribution in [-0.2, 0) is 4.79 Å². The van der Waals surface area contributed by atoms with Gasteiger partial charge < -0.3 is 25.4 Å². The van der Waals surface area contributed by atoms with Gasteiger partial charge in [0.15, 0.2) is 5.69 Å². The van der Waals surface area contributed by atoms with E-state index in [1.165, 1.54) is 6.08 Å². The maximum atomic E-state index is 12.6. The zero-order valence-electron chi connectivity index (χ0n) is 20.9. The van der Waals surface area contributed by atoms with Gasteiger partial charge in [-0.2, -0.15) is 5.10 Å². The molecule has 37 heavy (non-hydrogen) atoms. The van der Waals surface area contributed by atoms with Crippen LogP contribution >= 0.6 is 0 Å². The molecule has 5 rings (SSSR count). The summed E-state index contributed by atoms with van der Waals surface area (Å²) in [6, 6.07) is 14.7. The Morgan fingerprint density at radius 2 is 1.65 bits per heavy atom. The van der Waals surface area contributed by atoms with Gasteiger partial charge in [-0.15, -0.1) is 0 Å². The number of carbonyl (C=O) groups is 2. The van der Waals surface area contributed by atoms with Gasteiger partial charge in [-0.25, -0.2) is 4.68 Å². The number of primary amides is 1. The van der Waals surface area contributed by atoms with E-state index in [0.29, 0.717) is 41.9 Å². The molecule has 3 heterocycles. The zero-order chi connectivity index (χ0) is 25.9. The summed E-state index contributed by atoms with van der Waals surface area (Å²) < 4.78 is 12.8. The Labute approximate surface area is 215 Å². The largest absolute Gasteiger partial charge is 0.497 e. The first-order valence-corrected chi connectivity index (χ1v) is 12.5. The number of likely N-dealkylation sites (tertiary alicyclic amines) is 1. The van der Waals surface area contributed by atoms with Crippen LogP contribution in [0.1, 0.15) is 41.4 Å². The summed E-state index contributed by atoms with van der Waals surface area (Å²) in [5.41, 5.74) is 8.49. The summed E-state index contributed by atoms with van der Waals surface area (Å²) in [6.45, 7) is 5.74. The monoisotopic (exact) mass is 501 g/mol. The molecule has 9 heteroatoms. The van der Waals surface area contributed by atoms with Crippen molar-refractivity contribution < 1.29 is 19.1 Å². The molecular weight excluding hydrogens is 470 g/mol. The Balaban J connectivity index is 1.39. The molecule has 0 spiro atoms. The van der Waals surface area contributed by atoms with E-state index >= 15 is 0 Å². The number of nitrogens with two attached hydrogens (primary N) is 1. The number of hydrogen-bond acceptors (Lipinski definition) is 6. The highest BCUT2D eigenvalue weighted by atomic mass is 16.5. The number of carbonyl (C=O) groups excluding carboxylic acids is 2. The van der Waals surface area contributed by atoms with Crippen molar-refractivity contribution in [2.45, 2.75) is 25.2 Å². The highest BCUT2D eigenvalue weighted by Crippen LogP contribution is 2.42. The molecule has 1 unspecified atom stereocenters. The van der Waals surface area contributed by atoms with Gasteiger partial charge in [-0.3, -0.25) is 9.59 Å². The standard InChI is InChI=1S/C28H31N5O4/c1-3-24(34)32-16-13-18(14-17-32)23-12-15-30-26-25(23)31-33(27(26)28(29)35)19-4-6-21(7-5-19)37-22-10-8-20(36-2)9-11-22/h3-11,18,23,30H,1,12-17H2,2H3,(H2,29,35). The summed E-state index contributed by atoms with van der Waals surface area (Å²) in [5.74, 6) is 2.11. The van der Waals surface area contributed by atoms with Gasteiger partial charge in [0.2, 0.25) is 5.91 Å². The van der Waals surface area contributed by atoms with Gasteiger partial charge in [0.05, 0.1) is 24.2 Å². The third-order valence-electron chi connectivity index (χ3n) is 7.23. The third kappa shape index (κ3) is 4.89. The molecule has 192 valence electrons. The Bertz CT molecular complexity index is 1290. The van der Waals surface area contributed by atoms with Crippen LogP contribution in [0, 0.1) is 5.92 Å². The highest BCUT2D eigenvalue weighted by molar-refractivity contribution is 5.98. The van der Waals surface area contributed by atoms with Gasteiger partial charge in [0.1, 0.15) is 17.2 Å². The zero-order valence-corrected chi connectivity index (χ0v) is 20.9. The van der Waals surface area contributed by atoms with Crippen LogP contribution in [0.3, 0.4) is 0 Å². The normalized spacial score (nSPS) is 17.4. The van der Waals surface area contributed by atoms with Crippen molar-refractivity contribution in [2.75, 3.05) is 32.1 Å². The van der Waals surface area contributed by atoms with E-state index in [2.05, 4.69) is 11.9 Å². The van der Waals surface area contributed by atoms with E-state index < -0.39 is 5.91 Å². The van der Waals surface area contributed by atoms with Gasteiger partial charge in [-0.05, 0) is 79.8 Å². The lowest BCUT2D eigenvalue weighted by Gasteiger charge is -2.37. The summed E-state index contributed by atoms with van der Waals surface area (Å²) in [5, 5.41) is 8.27. The number of piperidine rings is 1. The maximum absolute atomic E-state index is 12.6. The minimum atomic E-state index is -0.535. The lowest BCUT2D eigenvalue weighted by Crippen LogP contribution is -2.39. The summed E-state index contributed by atoms with van der Waals surface area (Å²) in [4.78, 5) is 26.4. The lowest BCUT2D eigenvalue weighted by atomic mass is 9.78. The Morgan fingerprint density at radius 3 is 2.24 bits per heavy atom. The number of nitrogens with one attached hydrogen (secondary N) is 1. The van der Waals surface area contributed by atoms with Crippen molar-refractivity contribution in [3.05, 3.63) is 72.6 Å². The van der Waals surface area contributed by atoms with E-state index in [-0.39, 0.29) is 11.8 Å². The van der Waals surface area contributed by atoms with Crippen LogP contribution in [-0.4, -0.2) is 53.2 Å². The fraction of sp³-hybridized carbons (Fsp3) is 0.321. The van der Waals surface area contributed by atoms with Gasteiger partial charge in [0, 0.05) is 25.6 Å². The molecular formula is C28H31N5O4. The smallest absolute Gasteiger partial charge is 0.269 e. The van der Waals surface area contributed by atoms with Crippen molar-refractivity contribution in [1.29, 1.82) is 0 Å². The summed E-state index contributed by atoms with van der Waals surface area (Å²) in [6.07, 6.45) is 4.06. The molecule has 2 aromatic carbocycles. The van der Waals surface area contributed by atoms with Crippen molar-refractivity contribution in [2.24, 2.45) is 11.7 Å². The Morgan fingerprint density at radius 1 is 1.03 bits per heavy atom. The van der Waals surface area contributed by atoms with Crippen LogP contribution in [0.2, 0.25) is 0 Å². The first-order chi connectivity index (χ1) is 18.0. The van der Waals surface area contributed by atoms with E-state index in [9.17, 15) is 9.59 Å². The molecule has 2 aliphatic heterocycles. The van der Waals surface area contributed by atoms with Crippen molar-refractivity contribution in [3.8, 4) is 22.9 Å². The topological polar surface area (TPSA) is 112 Å². The van der Waals surface area contributed by atoms with Gasteiger partial charge in [0.25, 0.3) is 5.91 Å². The third-order valence-corrected chi connectivity index (χ3v) is 7.23. The fourth-order valence-electron chi connectivity index (χ4n) is 5.32. The highest BCUT2D eigenvalue weighted by Gasteiger charge is 2.36. The molecule has 1 saturated heterocycles. The number of anilines is 1. The first kappa shape index (κ1) is 24.4. The number of amides is 2. The number of aromatic nitrogens is 2. The second-order valence-corrected chi connectivity index (χ2v) is 9.35. The molecule has 3 aromatic rings. The summed E-state index contributed by atoms with van der Waals surface area (Å²) >= 11 is 0. The van der Waals surface area contributed by atoms with E-state index in [4.69, 9.17) is 20.3 Å². The molecule has 2 aliphatic rings. The SMILES string of the molecule is C=CC(=O)N1CCC(C2CCNc3c2nn(-c2ccc(Oc4ccc(OC)cc4)cc2)c3C(N)=O)CC1. The number of hydrogen-bond donors (Lipinski definition) is 2. The van der Waals surface area contributed by atoms with Crippen LogP contribution < -0.4 is 20.5 Å². The molecule has 0 aliphatic carbocycles. The van der Waals surface area contributed by atoms with E-state index in [1.54, 1.807) is 11.8 Å². The molecule has 1 aromatic heterocycles. The number of benzene rings is 2. The van der Waals surface area contributed by atoms with Crippen molar-refractivity contribution in [3.63, 3.8) is 0 Å². The molecule has 0 bridgehead atoms. The van der Waals surface area contributed by atoms with E-state index in [0.717, 1.165) is 42.9 Å². The molecule has 0 saturated carbocycles. The first-order valence-electron chi connectivity index (χ1n) is 12.5. The van der Waals surface area contributed by atoms with Crippen LogP contribution in [0.5, 0.6) is 17.2 Å². The molecule has 9 nitrogen and oxygen atoms in total. The molecule has 0 radical (unpaired) electrons. The minimum Gasteiger partial charge on any atom is -0.497 e.